The number of aromatic hydroxyl groups is 1. The molecule has 1 rings (SSSR count). The van der Waals surface area contributed by atoms with Crippen LogP contribution in [0.5, 0.6) is 5.75 Å². The van der Waals surface area contributed by atoms with Gasteiger partial charge in [0.2, 0.25) is 5.91 Å². The molecule has 0 aliphatic rings. The Hall–Kier alpha value is -2.04. The number of carboxylic acids is 1. The van der Waals surface area contributed by atoms with E-state index in [-0.39, 0.29) is 5.75 Å². The molecule has 1 aromatic rings. The molecule has 1 amide bonds. The molecule has 0 aliphatic carbocycles. The van der Waals surface area contributed by atoms with Gasteiger partial charge in [0.25, 0.3) is 0 Å². The maximum Gasteiger partial charge on any atom is 0.326 e. The van der Waals surface area contributed by atoms with Gasteiger partial charge in [0.05, 0.1) is 0 Å². The monoisotopic (exact) mass is 224 g/mol. The summed E-state index contributed by atoms with van der Waals surface area (Å²) in [4.78, 5) is 21.8. The van der Waals surface area contributed by atoms with E-state index in [1.807, 2.05) is 0 Å². The van der Waals surface area contributed by atoms with E-state index in [1.165, 1.54) is 31.2 Å². The van der Waals surface area contributed by atoms with Crippen LogP contribution in [-0.2, 0) is 16.0 Å². The fourth-order valence-electron chi connectivity index (χ4n) is 1.21. The molecule has 5 heteroatoms. The molecule has 0 bridgehead atoms. The molecule has 1 aromatic carbocycles. The molecule has 0 radical (unpaired) electrons. The Kier molecular flexibility index (Phi) is 3.38. The number of nitrogens with one attached hydrogen (secondary N) is 1. The number of amides is 1. The Balaban J connectivity index is 2.95. The smallest absolute Gasteiger partial charge is 0.326 e. The molecule has 86 valence electrons. The van der Waals surface area contributed by atoms with E-state index in [2.05, 4.69) is 5.32 Å². The molecule has 0 aromatic heterocycles. The van der Waals surface area contributed by atoms with Crippen molar-refractivity contribution in [3.8, 4) is 5.75 Å². The topological polar surface area (TPSA) is 86.6 Å². The van der Waals surface area contributed by atoms with Crippen LogP contribution in [0.3, 0.4) is 0 Å². The number of phenols is 1. The first-order valence-electron chi connectivity index (χ1n) is 5.20. The summed E-state index contributed by atoms with van der Waals surface area (Å²) in [7, 11) is 0. The third-order valence-corrected chi connectivity index (χ3v) is 1.85. The van der Waals surface area contributed by atoms with Gasteiger partial charge in [-0.3, -0.25) is 4.79 Å². The van der Waals surface area contributed by atoms with Gasteiger partial charge in [0.1, 0.15) is 11.8 Å². The quantitative estimate of drug-likeness (QED) is 0.696. The minimum Gasteiger partial charge on any atom is -0.508 e. The number of phenolic OH excluding ortho intramolecular Hbond substituents is 1. The van der Waals surface area contributed by atoms with Crippen LogP contribution < -0.4 is 5.32 Å². The van der Waals surface area contributed by atoms with Crippen LogP contribution in [0.2, 0.25) is 0 Å². The lowest BCUT2D eigenvalue weighted by Crippen LogP contribution is -2.41. The molecule has 1 unspecified atom stereocenters. The third kappa shape index (κ3) is 3.61. The number of hydrogen-bond acceptors (Lipinski definition) is 3. The fraction of sp³-hybridized carbons (Fsp3) is 0.273. The van der Waals surface area contributed by atoms with Crippen molar-refractivity contribution in [3.05, 3.63) is 29.8 Å². The van der Waals surface area contributed by atoms with Gasteiger partial charge >= 0.3 is 5.97 Å². The standard InChI is InChI=1S/C11H13NO4/c1-7(13)12-10(11(15)16)6-8-3-2-4-9(14)5-8/h2-5,10,14H,6H2,1H3,(H,12,13)(H,15,16)/t10-/m0/s1/i6D/t6?,10-. The second-order valence-corrected chi connectivity index (χ2v) is 3.28. The first-order valence-corrected chi connectivity index (χ1v) is 4.63. The Labute approximate surface area is 94.1 Å². The van der Waals surface area contributed by atoms with Crippen LogP contribution in [0.25, 0.3) is 0 Å². The first-order chi connectivity index (χ1) is 7.91. The van der Waals surface area contributed by atoms with Crippen molar-refractivity contribution in [3.63, 3.8) is 0 Å². The van der Waals surface area contributed by atoms with E-state index in [0.717, 1.165) is 0 Å². The van der Waals surface area contributed by atoms with E-state index in [0.29, 0.717) is 5.56 Å². The summed E-state index contributed by atoms with van der Waals surface area (Å²) in [5, 5.41) is 20.4. The number of carbonyl (C=O) groups excluding carboxylic acids is 1. The summed E-state index contributed by atoms with van der Waals surface area (Å²) >= 11 is 0. The first kappa shape index (κ1) is 10.5. The summed E-state index contributed by atoms with van der Waals surface area (Å²) in [5.41, 5.74) is 0.325. The molecule has 5 nitrogen and oxygen atoms in total. The van der Waals surface area contributed by atoms with E-state index in [4.69, 9.17) is 6.48 Å². The van der Waals surface area contributed by atoms with E-state index in [9.17, 15) is 14.7 Å². The molecular weight excluding hydrogens is 210 g/mol. The fourth-order valence-corrected chi connectivity index (χ4v) is 1.21. The average molecular weight is 224 g/mol. The SMILES string of the molecule is [2H]C(c1cccc(O)c1)[C@H](NC(C)=O)C(=O)O. The molecule has 0 fully saturated rings. The number of carbonyl (C=O) groups is 2. The van der Waals surface area contributed by atoms with Gasteiger partial charge in [-0.05, 0) is 17.7 Å². The van der Waals surface area contributed by atoms with Crippen molar-refractivity contribution in [2.24, 2.45) is 0 Å². The predicted molar refractivity (Wildman–Crippen MR) is 57.1 cm³/mol. The molecule has 0 saturated carbocycles. The normalized spacial score (nSPS) is 14.7. The lowest BCUT2D eigenvalue weighted by atomic mass is 10.1. The highest BCUT2D eigenvalue weighted by Gasteiger charge is 2.18. The maximum atomic E-state index is 10.9. The van der Waals surface area contributed by atoms with Gasteiger partial charge in [0.15, 0.2) is 0 Å². The van der Waals surface area contributed by atoms with Gasteiger partial charge in [-0.1, -0.05) is 12.1 Å². The molecule has 0 aliphatic heterocycles. The number of rotatable bonds is 4. The number of benzene rings is 1. The van der Waals surface area contributed by atoms with Crippen LogP contribution in [0.1, 0.15) is 13.9 Å². The van der Waals surface area contributed by atoms with Crippen molar-refractivity contribution in [2.45, 2.75) is 19.4 Å². The van der Waals surface area contributed by atoms with Gasteiger partial charge in [-0.15, -0.1) is 0 Å². The molecular formula is C11H13NO4. The minimum atomic E-state index is -1.34. The summed E-state index contributed by atoms with van der Waals surface area (Å²) in [5.74, 6) is -1.86. The second-order valence-electron chi connectivity index (χ2n) is 3.28. The second kappa shape index (κ2) is 5.16. The predicted octanol–water partition coefficient (Wildman–Crippen LogP) is 0.524. The van der Waals surface area contributed by atoms with Gasteiger partial charge in [-0.2, -0.15) is 0 Å². The van der Waals surface area contributed by atoms with Crippen LogP contribution in [0.15, 0.2) is 24.3 Å². The molecule has 16 heavy (non-hydrogen) atoms. The molecule has 0 heterocycles. The Morgan fingerprint density at radius 3 is 2.75 bits per heavy atom. The highest BCUT2D eigenvalue weighted by atomic mass is 16.4. The van der Waals surface area contributed by atoms with E-state index in [1.54, 1.807) is 0 Å². The Bertz CT molecular complexity index is 435. The molecule has 2 atom stereocenters. The summed E-state index contributed by atoms with van der Waals surface area (Å²) in [6, 6.07) is 4.42. The molecule has 3 N–H and O–H groups in total. The van der Waals surface area contributed by atoms with Crippen LogP contribution in [0, 0.1) is 0 Å². The van der Waals surface area contributed by atoms with E-state index < -0.39 is 24.3 Å². The lowest BCUT2D eigenvalue weighted by Gasteiger charge is -2.13. The van der Waals surface area contributed by atoms with E-state index >= 15 is 0 Å². The number of aliphatic carboxylic acids is 1. The average Bonchev–Trinajstić information content (AvgIpc) is 2.24. The van der Waals surface area contributed by atoms with Gasteiger partial charge in [0, 0.05) is 14.7 Å². The Morgan fingerprint density at radius 1 is 1.56 bits per heavy atom. The van der Waals surface area contributed by atoms with Gasteiger partial charge in [-0.25, -0.2) is 4.79 Å². The third-order valence-electron chi connectivity index (χ3n) is 1.85. The summed E-state index contributed by atoms with van der Waals surface area (Å²) in [6.45, 7) is 1.19. The van der Waals surface area contributed by atoms with Crippen molar-refractivity contribution in [1.82, 2.24) is 5.32 Å². The van der Waals surface area contributed by atoms with Crippen LogP contribution in [-0.4, -0.2) is 28.1 Å². The Morgan fingerprint density at radius 2 is 2.25 bits per heavy atom. The van der Waals surface area contributed by atoms with Crippen LogP contribution in [0.4, 0.5) is 0 Å². The van der Waals surface area contributed by atoms with Crippen molar-refractivity contribution >= 4 is 11.9 Å². The lowest BCUT2D eigenvalue weighted by molar-refractivity contribution is -0.141. The zero-order valence-corrected chi connectivity index (χ0v) is 8.68. The summed E-state index contributed by atoms with van der Waals surface area (Å²) < 4.78 is 7.78. The molecule has 0 spiro atoms. The zero-order chi connectivity index (χ0) is 13.0. The zero-order valence-electron chi connectivity index (χ0n) is 9.68. The number of hydrogen-bond donors (Lipinski definition) is 3. The van der Waals surface area contributed by atoms with Crippen molar-refractivity contribution in [2.75, 3.05) is 0 Å². The summed E-state index contributed by atoms with van der Waals surface area (Å²) in [6.07, 6.45) is -1.18. The minimum absolute atomic E-state index is 0.0493. The number of carboxylic acid groups (broad SMARTS) is 1. The molecule has 0 saturated heterocycles. The highest BCUT2D eigenvalue weighted by molar-refractivity contribution is 5.82. The van der Waals surface area contributed by atoms with Gasteiger partial charge < -0.3 is 15.5 Å². The van der Waals surface area contributed by atoms with Crippen molar-refractivity contribution in [1.29, 1.82) is 0 Å². The highest BCUT2D eigenvalue weighted by Crippen LogP contribution is 2.12. The maximum absolute atomic E-state index is 10.9. The van der Waals surface area contributed by atoms with Crippen LogP contribution >= 0.6 is 0 Å². The van der Waals surface area contributed by atoms with Crippen molar-refractivity contribution < 1.29 is 21.2 Å². The largest absolute Gasteiger partial charge is 0.508 e.